The number of anilines is 1. The van der Waals surface area contributed by atoms with Crippen molar-refractivity contribution in [2.75, 3.05) is 18.5 Å². The van der Waals surface area contributed by atoms with Gasteiger partial charge in [-0.15, -0.1) is 0 Å². The molecule has 1 N–H and O–H groups in total. The van der Waals surface area contributed by atoms with Crippen LogP contribution in [0.1, 0.15) is 13.3 Å². The van der Waals surface area contributed by atoms with Crippen LogP contribution in [0.5, 0.6) is 17.2 Å². The summed E-state index contributed by atoms with van der Waals surface area (Å²) in [7, 11) is 0. The zero-order valence-electron chi connectivity index (χ0n) is 19.7. The Morgan fingerprint density at radius 1 is 0.657 bits per heavy atom. The van der Waals surface area contributed by atoms with E-state index in [0.717, 1.165) is 16.9 Å². The van der Waals surface area contributed by atoms with Gasteiger partial charge in [-0.2, -0.15) is 0 Å². The molecule has 0 aliphatic heterocycles. The Morgan fingerprint density at radius 3 is 1.77 bits per heavy atom. The van der Waals surface area contributed by atoms with Crippen LogP contribution in [-0.2, 0) is 4.79 Å². The van der Waals surface area contributed by atoms with E-state index in [4.69, 9.17) is 14.2 Å². The Labute approximate surface area is 206 Å². The molecule has 0 saturated heterocycles. The molecule has 0 bridgehead atoms. The van der Waals surface area contributed by atoms with Crippen molar-refractivity contribution in [2.45, 2.75) is 19.4 Å². The van der Waals surface area contributed by atoms with Crippen LogP contribution in [0.2, 0.25) is 0 Å². The molecule has 0 aliphatic carbocycles. The summed E-state index contributed by atoms with van der Waals surface area (Å²) in [5, 5.41) is 2.92. The number of hydrogen-bond acceptors (Lipinski definition) is 4. The van der Waals surface area contributed by atoms with Crippen LogP contribution in [0.15, 0.2) is 109 Å². The lowest BCUT2D eigenvalue weighted by molar-refractivity contribution is -0.122. The quantitative estimate of drug-likeness (QED) is 0.252. The van der Waals surface area contributed by atoms with E-state index in [0.29, 0.717) is 36.8 Å². The molecule has 5 nitrogen and oxygen atoms in total. The number of benzene rings is 4. The van der Waals surface area contributed by atoms with Crippen LogP contribution in [-0.4, -0.2) is 25.2 Å². The molecule has 0 radical (unpaired) electrons. The molecule has 0 aromatic heterocycles. The molecule has 0 saturated carbocycles. The number of para-hydroxylation sites is 1. The van der Waals surface area contributed by atoms with E-state index in [9.17, 15) is 4.79 Å². The van der Waals surface area contributed by atoms with Gasteiger partial charge in [0, 0.05) is 5.69 Å². The van der Waals surface area contributed by atoms with E-state index >= 15 is 0 Å². The smallest absolute Gasteiger partial charge is 0.265 e. The maximum Gasteiger partial charge on any atom is 0.265 e. The van der Waals surface area contributed by atoms with E-state index in [-0.39, 0.29) is 5.91 Å². The van der Waals surface area contributed by atoms with Gasteiger partial charge in [-0.05, 0) is 66.1 Å². The van der Waals surface area contributed by atoms with Crippen LogP contribution in [0.4, 0.5) is 5.69 Å². The summed E-state index contributed by atoms with van der Waals surface area (Å²) < 4.78 is 17.3. The second kappa shape index (κ2) is 12.3. The molecule has 0 aliphatic rings. The van der Waals surface area contributed by atoms with Crippen molar-refractivity contribution in [3.05, 3.63) is 109 Å². The molecular weight excluding hydrogens is 438 g/mol. The standard InChI is InChI=1S/C30H29NO4/c1-2-29(35-28-17-13-24(14-18-28)23-9-5-3-6-10-23)30(32)31-25-15-19-27(20-16-25)34-22-21-33-26-11-7-4-8-12-26/h3-20,29H,2,21-22H2,1H3,(H,31,32)/t29-/m0/s1. The normalized spacial score (nSPS) is 11.3. The zero-order valence-corrected chi connectivity index (χ0v) is 19.7. The van der Waals surface area contributed by atoms with Crippen LogP contribution in [0.3, 0.4) is 0 Å². The highest BCUT2D eigenvalue weighted by Gasteiger charge is 2.18. The van der Waals surface area contributed by atoms with Crippen molar-refractivity contribution in [1.29, 1.82) is 0 Å². The van der Waals surface area contributed by atoms with Gasteiger partial charge in [0.2, 0.25) is 0 Å². The van der Waals surface area contributed by atoms with Gasteiger partial charge in [0.15, 0.2) is 6.10 Å². The van der Waals surface area contributed by atoms with Crippen LogP contribution >= 0.6 is 0 Å². The highest BCUT2D eigenvalue weighted by molar-refractivity contribution is 5.94. The molecule has 35 heavy (non-hydrogen) atoms. The fraction of sp³-hybridized carbons (Fsp3) is 0.167. The minimum atomic E-state index is -0.594. The van der Waals surface area contributed by atoms with Crippen LogP contribution in [0, 0.1) is 0 Å². The maximum atomic E-state index is 12.8. The van der Waals surface area contributed by atoms with E-state index in [1.165, 1.54) is 0 Å². The molecule has 178 valence electrons. The summed E-state index contributed by atoms with van der Waals surface area (Å²) in [6, 6.07) is 34.8. The summed E-state index contributed by atoms with van der Waals surface area (Å²) in [4.78, 5) is 12.8. The monoisotopic (exact) mass is 467 g/mol. The summed E-state index contributed by atoms with van der Waals surface area (Å²) in [5.41, 5.74) is 2.92. The van der Waals surface area contributed by atoms with E-state index < -0.39 is 6.10 Å². The molecular formula is C30H29NO4. The maximum absolute atomic E-state index is 12.8. The van der Waals surface area contributed by atoms with Gasteiger partial charge in [0.25, 0.3) is 5.91 Å². The van der Waals surface area contributed by atoms with Crippen molar-refractivity contribution >= 4 is 11.6 Å². The van der Waals surface area contributed by atoms with Gasteiger partial charge < -0.3 is 19.5 Å². The molecule has 0 spiro atoms. The lowest BCUT2D eigenvalue weighted by atomic mass is 10.1. The first-order valence-corrected chi connectivity index (χ1v) is 11.7. The van der Waals surface area contributed by atoms with E-state index in [1.807, 2.05) is 104 Å². The SMILES string of the molecule is CC[C@H](Oc1ccc(-c2ccccc2)cc1)C(=O)Nc1ccc(OCCOc2ccccc2)cc1. The van der Waals surface area contributed by atoms with Crippen LogP contribution < -0.4 is 19.5 Å². The van der Waals surface area contributed by atoms with Gasteiger partial charge in [-0.25, -0.2) is 0 Å². The summed E-state index contributed by atoms with van der Waals surface area (Å²) in [6.45, 7) is 2.80. The Hall–Kier alpha value is -4.25. The number of carbonyl (C=O) groups is 1. The van der Waals surface area contributed by atoms with E-state index in [1.54, 1.807) is 0 Å². The number of ether oxygens (including phenoxy) is 3. The summed E-state index contributed by atoms with van der Waals surface area (Å²) >= 11 is 0. The fourth-order valence-electron chi connectivity index (χ4n) is 3.54. The molecule has 1 amide bonds. The fourth-order valence-corrected chi connectivity index (χ4v) is 3.54. The molecule has 0 heterocycles. The minimum Gasteiger partial charge on any atom is -0.490 e. The Balaban J connectivity index is 1.25. The summed E-state index contributed by atoms with van der Waals surface area (Å²) in [5.74, 6) is 1.99. The van der Waals surface area contributed by atoms with Crippen molar-refractivity contribution in [3.63, 3.8) is 0 Å². The number of carbonyl (C=O) groups excluding carboxylic acids is 1. The molecule has 4 aromatic carbocycles. The minimum absolute atomic E-state index is 0.190. The van der Waals surface area contributed by atoms with Crippen LogP contribution in [0.25, 0.3) is 11.1 Å². The lowest BCUT2D eigenvalue weighted by Crippen LogP contribution is -2.32. The van der Waals surface area contributed by atoms with Gasteiger partial charge >= 0.3 is 0 Å². The van der Waals surface area contributed by atoms with Gasteiger partial charge in [-0.1, -0.05) is 67.6 Å². The van der Waals surface area contributed by atoms with Gasteiger partial charge in [0.05, 0.1) is 0 Å². The first kappa shape index (κ1) is 23.9. The molecule has 1 atom stereocenters. The first-order chi connectivity index (χ1) is 17.2. The Kier molecular flexibility index (Phi) is 8.38. The average molecular weight is 468 g/mol. The molecule has 0 unspecified atom stereocenters. The first-order valence-electron chi connectivity index (χ1n) is 11.7. The van der Waals surface area contributed by atoms with Gasteiger partial charge in [0.1, 0.15) is 30.5 Å². The molecule has 4 rings (SSSR count). The van der Waals surface area contributed by atoms with Crippen molar-refractivity contribution in [1.82, 2.24) is 0 Å². The second-order valence-corrected chi connectivity index (χ2v) is 7.93. The number of hydrogen-bond donors (Lipinski definition) is 1. The molecule has 0 fully saturated rings. The van der Waals surface area contributed by atoms with E-state index in [2.05, 4.69) is 17.4 Å². The summed E-state index contributed by atoms with van der Waals surface area (Å²) in [6.07, 6.45) is -0.0434. The Morgan fingerprint density at radius 2 is 1.17 bits per heavy atom. The number of nitrogens with one attached hydrogen (secondary N) is 1. The highest BCUT2D eigenvalue weighted by Crippen LogP contribution is 2.23. The topological polar surface area (TPSA) is 56.8 Å². The zero-order chi connectivity index (χ0) is 24.3. The Bertz CT molecular complexity index is 1180. The van der Waals surface area contributed by atoms with Crippen molar-refractivity contribution in [2.24, 2.45) is 0 Å². The largest absolute Gasteiger partial charge is 0.490 e. The second-order valence-electron chi connectivity index (χ2n) is 7.93. The third-order valence-electron chi connectivity index (χ3n) is 5.39. The third kappa shape index (κ3) is 7.11. The lowest BCUT2D eigenvalue weighted by Gasteiger charge is -2.18. The number of amides is 1. The highest BCUT2D eigenvalue weighted by atomic mass is 16.5. The van der Waals surface area contributed by atoms with Crippen molar-refractivity contribution < 1.29 is 19.0 Å². The molecule has 4 aromatic rings. The molecule has 5 heteroatoms. The predicted molar refractivity (Wildman–Crippen MR) is 139 cm³/mol. The van der Waals surface area contributed by atoms with Gasteiger partial charge in [-0.3, -0.25) is 4.79 Å². The predicted octanol–water partition coefficient (Wildman–Crippen LogP) is 6.61. The average Bonchev–Trinajstić information content (AvgIpc) is 2.92. The van der Waals surface area contributed by atoms with Crippen molar-refractivity contribution in [3.8, 4) is 28.4 Å². The number of rotatable bonds is 11. The third-order valence-corrected chi connectivity index (χ3v) is 5.39.